The van der Waals surface area contributed by atoms with E-state index in [2.05, 4.69) is 29.3 Å². The van der Waals surface area contributed by atoms with Crippen molar-refractivity contribution in [2.24, 2.45) is 12.0 Å². The molecule has 0 aliphatic carbocycles. The number of nitrogens with one attached hydrogen (secondary N) is 1. The first-order valence-corrected chi connectivity index (χ1v) is 8.83. The van der Waals surface area contributed by atoms with Crippen LogP contribution in [0.2, 0.25) is 0 Å². The lowest BCUT2D eigenvalue weighted by Gasteiger charge is -2.22. The largest absolute Gasteiger partial charge is 0.492 e. The summed E-state index contributed by atoms with van der Waals surface area (Å²) in [6, 6.07) is 3.48. The Hall–Kier alpha value is -2.64. The van der Waals surface area contributed by atoms with Crippen molar-refractivity contribution in [2.45, 2.75) is 26.3 Å². The van der Waals surface area contributed by atoms with Crippen molar-refractivity contribution in [1.29, 1.82) is 0 Å². The summed E-state index contributed by atoms with van der Waals surface area (Å²) in [7, 11) is 5.57. The van der Waals surface area contributed by atoms with E-state index in [0.717, 1.165) is 23.4 Å². The summed E-state index contributed by atoms with van der Waals surface area (Å²) in [4.78, 5) is 6.28. The van der Waals surface area contributed by atoms with Gasteiger partial charge in [-0.05, 0) is 18.1 Å². The van der Waals surface area contributed by atoms with Crippen LogP contribution in [0.4, 0.5) is 8.78 Å². The van der Waals surface area contributed by atoms with Crippen LogP contribution in [0.25, 0.3) is 0 Å². The van der Waals surface area contributed by atoms with Crippen LogP contribution < -0.4 is 10.1 Å². The van der Waals surface area contributed by atoms with E-state index < -0.39 is 11.6 Å². The average molecular weight is 379 g/mol. The second-order valence-electron chi connectivity index (χ2n) is 6.62. The molecule has 1 aromatic carbocycles. The smallest absolute Gasteiger partial charge is 0.193 e. The molecule has 0 saturated heterocycles. The van der Waals surface area contributed by atoms with Gasteiger partial charge in [0.1, 0.15) is 12.4 Å². The van der Waals surface area contributed by atoms with Gasteiger partial charge >= 0.3 is 0 Å². The first-order valence-electron chi connectivity index (χ1n) is 8.83. The van der Waals surface area contributed by atoms with E-state index in [9.17, 15) is 8.78 Å². The zero-order valence-corrected chi connectivity index (χ0v) is 16.5. The minimum atomic E-state index is -0.923. The Kier molecular flexibility index (Phi) is 7.15. The van der Waals surface area contributed by atoms with Crippen LogP contribution in [0.1, 0.15) is 31.0 Å². The molecule has 2 rings (SSSR count). The quantitative estimate of drug-likeness (QED) is 0.457. The van der Waals surface area contributed by atoms with E-state index >= 15 is 0 Å². The number of nitrogens with zero attached hydrogens (tertiary/aromatic N) is 4. The molecule has 1 N–H and O–H groups in total. The van der Waals surface area contributed by atoms with Crippen LogP contribution in [-0.2, 0) is 13.6 Å². The number of halogens is 2. The summed E-state index contributed by atoms with van der Waals surface area (Å²) in [5.41, 5.74) is 2.22. The van der Waals surface area contributed by atoms with Gasteiger partial charge in [0.05, 0.1) is 12.2 Å². The summed E-state index contributed by atoms with van der Waals surface area (Å²) >= 11 is 0. The molecule has 27 heavy (non-hydrogen) atoms. The number of aromatic nitrogens is 2. The molecule has 0 saturated carbocycles. The molecule has 0 aliphatic rings. The van der Waals surface area contributed by atoms with Crippen molar-refractivity contribution in [3.63, 3.8) is 0 Å². The Morgan fingerprint density at radius 3 is 2.70 bits per heavy atom. The van der Waals surface area contributed by atoms with E-state index in [4.69, 9.17) is 4.74 Å². The Bertz CT molecular complexity index is 788. The zero-order chi connectivity index (χ0) is 20.0. The number of rotatable bonds is 7. The molecule has 2 aromatic rings. The maximum absolute atomic E-state index is 13.2. The molecule has 1 aromatic heterocycles. The molecule has 8 heteroatoms. The maximum Gasteiger partial charge on any atom is 0.193 e. The van der Waals surface area contributed by atoms with Crippen molar-refractivity contribution < 1.29 is 13.5 Å². The molecule has 0 radical (unpaired) electrons. The van der Waals surface area contributed by atoms with Gasteiger partial charge in [-0.15, -0.1) is 0 Å². The molecule has 0 bridgehead atoms. The van der Waals surface area contributed by atoms with Crippen LogP contribution in [-0.4, -0.2) is 47.9 Å². The van der Waals surface area contributed by atoms with Gasteiger partial charge in [-0.2, -0.15) is 5.10 Å². The fraction of sp³-hybridized carbons (Fsp3) is 0.474. The molecule has 0 aliphatic heterocycles. The SMILES string of the molecule is CN=C(NCCOc1ccc(F)c(F)c1)N(C)Cc1cn(C)nc1C(C)C. The van der Waals surface area contributed by atoms with Crippen molar-refractivity contribution in [2.75, 3.05) is 27.2 Å². The maximum atomic E-state index is 13.2. The Balaban J connectivity index is 1.86. The number of ether oxygens (including phenoxy) is 1. The van der Waals surface area contributed by atoms with E-state index in [1.807, 2.05) is 29.9 Å². The minimum Gasteiger partial charge on any atom is -0.492 e. The number of guanidine groups is 1. The highest BCUT2D eigenvalue weighted by molar-refractivity contribution is 5.79. The Morgan fingerprint density at radius 2 is 2.07 bits per heavy atom. The van der Waals surface area contributed by atoms with Crippen LogP contribution in [0.15, 0.2) is 29.4 Å². The van der Waals surface area contributed by atoms with Gasteiger partial charge in [0, 0.05) is 45.5 Å². The van der Waals surface area contributed by atoms with Gasteiger partial charge in [-0.25, -0.2) is 8.78 Å². The second-order valence-corrected chi connectivity index (χ2v) is 6.62. The summed E-state index contributed by atoms with van der Waals surface area (Å²) in [5, 5.41) is 7.72. The average Bonchev–Trinajstić information content (AvgIpc) is 2.98. The summed E-state index contributed by atoms with van der Waals surface area (Å²) in [6.45, 7) is 5.68. The van der Waals surface area contributed by atoms with Gasteiger partial charge in [-0.3, -0.25) is 9.67 Å². The lowest BCUT2D eigenvalue weighted by molar-refractivity contribution is 0.316. The number of benzene rings is 1. The third-order valence-corrected chi connectivity index (χ3v) is 4.01. The highest BCUT2D eigenvalue weighted by atomic mass is 19.2. The number of aryl methyl sites for hydroxylation is 1. The highest BCUT2D eigenvalue weighted by Crippen LogP contribution is 2.18. The number of hydrogen-bond donors (Lipinski definition) is 1. The van der Waals surface area contributed by atoms with Crippen LogP contribution >= 0.6 is 0 Å². The van der Waals surface area contributed by atoms with Crippen molar-refractivity contribution in [3.8, 4) is 5.75 Å². The second kappa shape index (κ2) is 9.34. The monoisotopic (exact) mass is 379 g/mol. The van der Waals surface area contributed by atoms with Crippen molar-refractivity contribution in [3.05, 3.63) is 47.3 Å². The first kappa shape index (κ1) is 20.7. The summed E-state index contributed by atoms with van der Waals surface area (Å²) < 4.78 is 33.3. The molecule has 0 amide bonds. The molecule has 0 unspecified atom stereocenters. The molecule has 0 spiro atoms. The Morgan fingerprint density at radius 1 is 1.33 bits per heavy atom. The predicted molar refractivity (Wildman–Crippen MR) is 102 cm³/mol. The van der Waals surface area contributed by atoms with Crippen LogP contribution in [0, 0.1) is 11.6 Å². The third-order valence-electron chi connectivity index (χ3n) is 4.01. The standard InChI is InChI=1S/C19H27F2N5O/c1-13(2)18-14(12-26(5)24-18)11-25(4)19(22-3)23-8-9-27-15-6-7-16(20)17(21)10-15/h6-7,10,12-13H,8-9,11H2,1-5H3,(H,22,23). The van der Waals surface area contributed by atoms with Gasteiger partial charge in [0.15, 0.2) is 17.6 Å². The number of hydrogen-bond acceptors (Lipinski definition) is 3. The molecular weight excluding hydrogens is 352 g/mol. The van der Waals surface area contributed by atoms with Gasteiger partial charge in [-0.1, -0.05) is 13.8 Å². The lowest BCUT2D eigenvalue weighted by Crippen LogP contribution is -2.40. The van der Waals surface area contributed by atoms with Crippen molar-refractivity contribution in [1.82, 2.24) is 20.0 Å². The molecule has 0 atom stereocenters. The minimum absolute atomic E-state index is 0.288. The lowest BCUT2D eigenvalue weighted by atomic mass is 10.1. The molecule has 148 valence electrons. The Labute approximate surface area is 158 Å². The van der Waals surface area contributed by atoms with Crippen LogP contribution in [0.5, 0.6) is 5.75 Å². The third kappa shape index (κ3) is 5.67. The summed E-state index contributed by atoms with van der Waals surface area (Å²) in [6.07, 6.45) is 2.02. The highest BCUT2D eigenvalue weighted by Gasteiger charge is 2.15. The fourth-order valence-corrected chi connectivity index (χ4v) is 2.78. The number of aliphatic imine (C=N–C) groups is 1. The van der Waals surface area contributed by atoms with Crippen molar-refractivity contribution >= 4 is 5.96 Å². The van der Waals surface area contributed by atoms with Gasteiger partial charge in [0.2, 0.25) is 0 Å². The van der Waals surface area contributed by atoms with E-state index in [-0.39, 0.29) is 5.75 Å². The van der Waals surface area contributed by atoms with Crippen LogP contribution in [0.3, 0.4) is 0 Å². The van der Waals surface area contributed by atoms with E-state index in [1.54, 1.807) is 7.05 Å². The van der Waals surface area contributed by atoms with Gasteiger partial charge < -0.3 is 15.0 Å². The zero-order valence-electron chi connectivity index (χ0n) is 16.5. The first-order chi connectivity index (χ1) is 12.8. The fourth-order valence-electron chi connectivity index (χ4n) is 2.78. The van der Waals surface area contributed by atoms with E-state index in [0.29, 0.717) is 31.6 Å². The van der Waals surface area contributed by atoms with Gasteiger partial charge in [0.25, 0.3) is 0 Å². The molecule has 6 nitrogen and oxygen atoms in total. The molecule has 1 heterocycles. The van der Waals surface area contributed by atoms with E-state index in [1.165, 1.54) is 6.07 Å². The topological polar surface area (TPSA) is 54.7 Å². The molecule has 0 fully saturated rings. The summed E-state index contributed by atoms with van der Waals surface area (Å²) in [5.74, 6) is -0.473. The predicted octanol–water partition coefficient (Wildman–Crippen LogP) is 2.91. The molecular formula is C19H27F2N5O. The normalized spacial score (nSPS) is 11.8.